The number of anilines is 2. The van der Waals surface area contributed by atoms with Gasteiger partial charge in [0.15, 0.2) is 0 Å². The van der Waals surface area contributed by atoms with E-state index in [1.54, 1.807) is 30.3 Å². The van der Waals surface area contributed by atoms with Crippen LogP contribution in [-0.2, 0) is 10.0 Å². The first kappa shape index (κ1) is 14.7. The van der Waals surface area contributed by atoms with Crippen LogP contribution < -0.4 is 14.4 Å². The molecule has 3 rings (SSSR count). The van der Waals surface area contributed by atoms with Gasteiger partial charge in [0.2, 0.25) is 0 Å². The molecule has 0 aromatic heterocycles. The van der Waals surface area contributed by atoms with Crippen LogP contribution in [-0.4, -0.2) is 28.6 Å². The van der Waals surface area contributed by atoms with Crippen molar-refractivity contribution in [3.8, 4) is 5.75 Å². The summed E-state index contributed by atoms with van der Waals surface area (Å²) < 4.78 is 33.0. The molecule has 0 aliphatic carbocycles. The van der Waals surface area contributed by atoms with E-state index in [1.807, 2.05) is 26.1 Å². The summed E-state index contributed by atoms with van der Waals surface area (Å²) in [6, 6.07) is 12.2. The van der Waals surface area contributed by atoms with Gasteiger partial charge in [0.1, 0.15) is 12.4 Å². The van der Waals surface area contributed by atoms with E-state index in [1.165, 1.54) is 0 Å². The highest BCUT2D eigenvalue weighted by Crippen LogP contribution is 2.33. The molecule has 1 heterocycles. The molecule has 1 aliphatic heterocycles. The molecule has 0 spiro atoms. The first-order chi connectivity index (χ1) is 10.5. The Bertz CT molecular complexity index is 803. The normalized spacial score (nSPS) is 14.2. The number of nitrogens with zero attached hydrogens (tertiary/aromatic N) is 1. The van der Waals surface area contributed by atoms with Crippen LogP contribution in [0.4, 0.5) is 11.4 Å². The molecule has 2 aromatic rings. The van der Waals surface area contributed by atoms with Crippen LogP contribution >= 0.6 is 0 Å². The molecular weight excluding hydrogens is 300 g/mol. The summed E-state index contributed by atoms with van der Waals surface area (Å²) in [5, 5.41) is 0. The number of nitrogens with one attached hydrogen (secondary N) is 1. The van der Waals surface area contributed by atoms with Crippen molar-refractivity contribution in [2.24, 2.45) is 0 Å². The summed E-state index contributed by atoms with van der Waals surface area (Å²) >= 11 is 0. The minimum absolute atomic E-state index is 0.253. The second-order valence-electron chi connectivity index (χ2n) is 5.37. The highest BCUT2D eigenvalue weighted by molar-refractivity contribution is 7.92. The van der Waals surface area contributed by atoms with Crippen LogP contribution in [0.25, 0.3) is 0 Å². The number of benzene rings is 2. The highest BCUT2D eigenvalue weighted by Gasteiger charge is 2.18. The molecule has 0 bridgehead atoms. The predicted octanol–water partition coefficient (Wildman–Crippen LogP) is 2.62. The molecule has 2 aromatic carbocycles. The van der Waals surface area contributed by atoms with Crippen molar-refractivity contribution in [1.82, 2.24) is 0 Å². The van der Waals surface area contributed by atoms with E-state index in [0.717, 1.165) is 17.8 Å². The average molecular weight is 318 g/mol. The van der Waals surface area contributed by atoms with E-state index in [-0.39, 0.29) is 4.90 Å². The molecule has 0 saturated heterocycles. The first-order valence-electron chi connectivity index (χ1n) is 7.03. The number of likely N-dealkylation sites (N-methyl/N-ethyl adjacent to an activating group) is 1. The standard InChI is InChI=1S/C16H18N2O3S/c1-12-4-3-5-14(10-12)22(19,20)17-13-6-7-15-16(11-13)21-9-8-18(15)2/h3-7,10-11,17H,8-9H2,1-2H3. The molecule has 0 saturated carbocycles. The molecule has 1 N–H and O–H groups in total. The number of hydrogen-bond donors (Lipinski definition) is 1. The van der Waals surface area contributed by atoms with Crippen LogP contribution in [0.5, 0.6) is 5.75 Å². The van der Waals surface area contributed by atoms with Gasteiger partial charge in [-0.3, -0.25) is 4.72 Å². The Morgan fingerprint density at radius 3 is 2.77 bits per heavy atom. The second kappa shape index (κ2) is 5.53. The largest absolute Gasteiger partial charge is 0.489 e. The number of rotatable bonds is 3. The lowest BCUT2D eigenvalue weighted by Gasteiger charge is -2.28. The molecule has 0 fully saturated rings. The zero-order valence-electron chi connectivity index (χ0n) is 12.5. The van der Waals surface area contributed by atoms with Crippen molar-refractivity contribution in [3.05, 3.63) is 48.0 Å². The summed E-state index contributed by atoms with van der Waals surface area (Å²) in [6.45, 7) is 3.28. The maximum atomic E-state index is 12.4. The van der Waals surface area contributed by atoms with Crippen LogP contribution in [0.1, 0.15) is 5.56 Å². The van der Waals surface area contributed by atoms with Gasteiger partial charge in [0.05, 0.1) is 22.8 Å². The van der Waals surface area contributed by atoms with Crippen LogP contribution in [0.2, 0.25) is 0 Å². The smallest absolute Gasteiger partial charge is 0.261 e. The maximum Gasteiger partial charge on any atom is 0.261 e. The van der Waals surface area contributed by atoms with E-state index in [0.29, 0.717) is 18.0 Å². The number of aryl methyl sites for hydroxylation is 1. The molecule has 5 nitrogen and oxygen atoms in total. The summed E-state index contributed by atoms with van der Waals surface area (Å²) in [5.74, 6) is 0.693. The summed E-state index contributed by atoms with van der Waals surface area (Å²) in [4.78, 5) is 2.33. The van der Waals surface area contributed by atoms with Crippen LogP contribution in [0, 0.1) is 6.92 Å². The maximum absolute atomic E-state index is 12.4. The van der Waals surface area contributed by atoms with Crippen molar-refractivity contribution < 1.29 is 13.2 Å². The fourth-order valence-electron chi connectivity index (χ4n) is 2.42. The first-order valence-corrected chi connectivity index (χ1v) is 8.51. The zero-order valence-corrected chi connectivity index (χ0v) is 13.4. The fraction of sp³-hybridized carbons (Fsp3) is 0.250. The molecule has 0 radical (unpaired) electrons. The van der Waals surface area contributed by atoms with Crippen molar-refractivity contribution >= 4 is 21.4 Å². The van der Waals surface area contributed by atoms with Gasteiger partial charge < -0.3 is 9.64 Å². The third-order valence-corrected chi connectivity index (χ3v) is 4.99. The van der Waals surface area contributed by atoms with Gasteiger partial charge >= 0.3 is 0 Å². The zero-order chi connectivity index (χ0) is 15.7. The Labute approximate surface area is 130 Å². The third-order valence-electron chi connectivity index (χ3n) is 3.61. The monoisotopic (exact) mass is 318 g/mol. The Kier molecular flexibility index (Phi) is 3.70. The molecule has 116 valence electrons. The van der Waals surface area contributed by atoms with Gasteiger partial charge in [-0.05, 0) is 36.8 Å². The minimum atomic E-state index is -3.60. The SMILES string of the molecule is Cc1cccc(S(=O)(=O)Nc2ccc3c(c2)OCCN3C)c1. The summed E-state index contributed by atoms with van der Waals surface area (Å²) in [5.41, 5.74) is 2.36. The molecule has 22 heavy (non-hydrogen) atoms. The number of sulfonamides is 1. The Hall–Kier alpha value is -2.21. The van der Waals surface area contributed by atoms with Crippen LogP contribution in [0.3, 0.4) is 0 Å². The quantitative estimate of drug-likeness (QED) is 0.945. The third kappa shape index (κ3) is 2.87. The highest BCUT2D eigenvalue weighted by atomic mass is 32.2. The van der Waals surface area contributed by atoms with Crippen molar-refractivity contribution in [1.29, 1.82) is 0 Å². The lowest BCUT2D eigenvalue weighted by atomic mass is 10.2. The van der Waals surface area contributed by atoms with Crippen molar-refractivity contribution in [2.75, 3.05) is 29.8 Å². The topological polar surface area (TPSA) is 58.6 Å². The molecule has 0 atom stereocenters. The number of fused-ring (bicyclic) bond motifs is 1. The lowest BCUT2D eigenvalue weighted by molar-refractivity contribution is 0.311. The van der Waals surface area contributed by atoms with E-state index < -0.39 is 10.0 Å². The predicted molar refractivity (Wildman–Crippen MR) is 87.2 cm³/mol. The van der Waals surface area contributed by atoms with Crippen molar-refractivity contribution in [2.45, 2.75) is 11.8 Å². The minimum Gasteiger partial charge on any atom is -0.489 e. The second-order valence-corrected chi connectivity index (χ2v) is 7.06. The van der Waals surface area contributed by atoms with Gasteiger partial charge in [-0.15, -0.1) is 0 Å². The molecule has 0 amide bonds. The molecule has 1 aliphatic rings. The van der Waals surface area contributed by atoms with Crippen molar-refractivity contribution in [3.63, 3.8) is 0 Å². The van der Waals surface area contributed by atoms with Gasteiger partial charge in [-0.2, -0.15) is 0 Å². The van der Waals surface area contributed by atoms with Crippen LogP contribution in [0.15, 0.2) is 47.4 Å². The lowest BCUT2D eigenvalue weighted by Crippen LogP contribution is -2.28. The van der Waals surface area contributed by atoms with E-state index in [4.69, 9.17) is 4.74 Å². The average Bonchev–Trinajstić information content (AvgIpc) is 2.47. The van der Waals surface area contributed by atoms with Gasteiger partial charge in [-0.25, -0.2) is 8.42 Å². The fourth-order valence-corrected chi connectivity index (χ4v) is 3.57. The molecular formula is C16H18N2O3S. The van der Waals surface area contributed by atoms with Gasteiger partial charge in [-0.1, -0.05) is 12.1 Å². The Morgan fingerprint density at radius 1 is 1.18 bits per heavy atom. The molecule has 0 unspecified atom stereocenters. The summed E-state index contributed by atoms with van der Waals surface area (Å²) in [7, 11) is -1.61. The van der Waals surface area contributed by atoms with E-state index in [2.05, 4.69) is 9.62 Å². The van der Waals surface area contributed by atoms with E-state index >= 15 is 0 Å². The van der Waals surface area contributed by atoms with Gasteiger partial charge in [0.25, 0.3) is 10.0 Å². The number of hydrogen-bond acceptors (Lipinski definition) is 4. The molecule has 6 heteroatoms. The summed E-state index contributed by atoms with van der Waals surface area (Å²) in [6.07, 6.45) is 0. The van der Waals surface area contributed by atoms with E-state index in [9.17, 15) is 8.42 Å². The Morgan fingerprint density at radius 2 is 2.00 bits per heavy atom. The number of ether oxygens (including phenoxy) is 1. The Balaban J connectivity index is 1.90. The van der Waals surface area contributed by atoms with Gasteiger partial charge in [0, 0.05) is 13.1 Å².